The molecular formula is C32H48O11. The van der Waals surface area contributed by atoms with Crippen molar-refractivity contribution in [2.45, 2.75) is 127 Å². The second kappa shape index (κ2) is 11.3. The molecule has 5 N–H and O–H groups in total. The Bertz CT molecular complexity index is 1130. The van der Waals surface area contributed by atoms with Crippen LogP contribution in [-0.4, -0.2) is 99.2 Å². The molecule has 1 saturated heterocycles. The lowest BCUT2D eigenvalue weighted by atomic mass is 9.42. The minimum atomic E-state index is -1.51. The fourth-order valence-corrected chi connectivity index (χ4v) is 10.2. The number of aliphatic hydroxyl groups excluding tert-OH is 4. The summed E-state index contributed by atoms with van der Waals surface area (Å²) in [6.07, 6.45) is -0.145. The van der Waals surface area contributed by atoms with E-state index in [9.17, 15) is 35.1 Å². The molecule has 4 saturated carbocycles. The van der Waals surface area contributed by atoms with Gasteiger partial charge in [0.25, 0.3) is 0 Å². The van der Waals surface area contributed by atoms with Gasteiger partial charge in [-0.1, -0.05) is 20.8 Å². The standard InChI is InChI=1S/C32H48O11/c1-4-23(34)41-15-22-26(36)27(37)28(38)29(43-22)42-18-7-9-30(2)17(12-18)5-6-20-25(30)21(33)13-31(3)19(8-10-32(20,31)39)16-11-24(35)40-14-16/h11,17-22,25-29,33,36-39H,4-10,12-15H2,1-3H3/t17-,18+,19-,20-,21-,22-,25-,26-,27-,28-,29-,30+,31-,32+/m1/s1. The Hall–Kier alpha value is -1.60. The maximum Gasteiger partial charge on any atom is 0.331 e. The Kier molecular flexibility index (Phi) is 8.27. The maximum atomic E-state index is 12.4. The van der Waals surface area contributed by atoms with E-state index in [1.807, 2.05) is 0 Å². The first-order valence-corrected chi connectivity index (χ1v) is 16.1. The van der Waals surface area contributed by atoms with Crippen molar-refractivity contribution in [2.24, 2.45) is 34.5 Å². The zero-order valence-electron chi connectivity index (χ0n) is 25.4. The predicted octanol–water partition coefficient (Wildman–Crippen LogP) is 1.36. The van der Waals surface area contributed by atoms with Crippen LogP contribution >= 0.6 is 0 Å². The molecule has 0 aromatic rings. The zero-order valence-corrected chi connectivity index (χ0v) is 25.4. The molecule has 0 radical (unpaired) electrons. The summed E-state index contributed by atoms with van der Waals surface area (Å²) in [5, 5.41) is 55.7. The van der Waals surface area contributed by atoms with Gasteiger partial charge in [0.2, 0.25) is 0 Å². The summed E-state index contributed by atoms with van der Waals surface area (Å²) in [6, 6.07) is 0. The van der Waals surface area contributed by atoms with Crippen molar-refractivity contribution in [2.75, 3.05) is 13.2 Å². The third-order valence-corrected chi connectivity index (χ3v) is 12.6. The molecule has 0 bridgehead atoms. The SMILES string of the molecule is CCC(=O)OC[C@H]1O[C@@H](O[C@H]2CC[C@@]3(C)[C@H](CC[C@@H]4[C@@H]3[C@H](O)C[C@]3(C)[C@@H](C5=CC(=O)OC5)CC[C@]43O)C2)[C@H](O)[C@H](O)[C@@H]1O. The Morgan fingerprint density at radius 3 is 2.51 bits per heavy atom. The van der Waals surface area contributed by atoms with Crippen LogP contribution in [0.25, 0.3) is 0 Å². The first-order valence-electron chi connectivity index (χ1n) is 16.1. The molecule has 11 heteroatoms. The van der Waals surface area contributed by atoms with E-state index in [-0.39, 0.29) is 60.8 Å². The molecular weight excluding hydrogens is 560 g/mol. The first-order chi connectivity index (χ1) is 20.3. The van der Waals surface area contributed by atoms with E-state index in [0.29, 0.717) is 25.7 Å². The van der Waals surface area contributed by atoms with Gasteiger partial charge in [-0.15, -0.1) is 0 Å². The molecule has 2 aliphatic heterocycles. The van der Waals surface area contributed by atoms with Crippen molar-refractivity contribution in [1.29, 1.82) is 0 Å². The van der Waals surface area contributed by atoms with Gasteiger partial charge in [0.05, 0.1) is 17.8 Å². The van der Waals surface area contributed by atoms with Crippen molar-refractivity contribution in [3.63, 3.8) is 0 Å². The van der Waals surface area contributed by atoms with Crippen molar-refractivity contribution >= 4 is 11.9 Å². The zero-order chi connectivity index (χ0) is 30.9. The van der Waals surface area contributed by atoms with E-state index in [1.165, 1.54) is 0 Å². The largest absolute Gasteiger partial charge is 0.463 e. The molecule has 6 rings (SSSR count). The normalized spacial score (nSPS) is 51.1. The minimum Gasteiger partial charge on any atom is -0.463 e. The van der Waals surface area contributed by atoms with Crippen LogP contribution in [0.5, 0.6) is 0 Å². The van der Waals surface area contributed by atoms with Crippen LogP contribution in [0.15, 0.2) is 11.6 Å². The van der Waals surface area contributed by atoms with Gasteiger partial charge in [0.15, 0.2) is 6.29 Å². The summed E-state index contributed by atoms with van der Waals surface area (Å²) in [6.45, 7) is 5.98. The van der Waals surface area contributed by atoms with Gasteiger partial charge in [-0.05, 0) is 86.0 Å². The van der Waals surface area contributed by atoms with Gasteiger partial charge in [-0.2, -0.15) is 0 Å². The second-order valence-electron chi connectivity index (χ2n) is 14.5. The lowest BCUT2D eigenvalue weighted by Crippen LogP contribution is -2.66. The number of fused-ring (bicyclic) bond motifs is 5. The average Bonchev–Trinajstić information content (AvgIpc) is 3.51. The molecule has 242 valence electrons. The van der Waals surface area contributed by atoms with Crippen LogP contribution in [0.4, 0.5) is 0 Å². The Morgan fingerprint density at radius 2 is 1.81 bits per heavy atom. The van der Waals surface area contributed by atoms with E-state index < -0.39 is 53.8 Å². The Labute approximate surface area is 252 Å². The lowest BCUT2D eigenvalue weighted by molar-refractivity contribution is -0.318. The van der Waals surface area contributed by atoms with Gasteiger partial charge in [-0.3, -0.25) is 4.79 Å². The number of cyclic esters (lactones) is 1. The molecule has 0 amide bonds. The van der Waals surface area contributed by atoms with Gasteiger partial charge < -0.3 is 44.5 Å². The molecule has 0 unspecified atom stereocenters. The summed E-state index contributed by atoms with van der Waals surface area (Å²) in [5.41, 5.74) is -0.773. The molecule has 4 aliphatic carbocycles. The van der Waals surface area contributed by atoms with E-state index in [4.69, 9.17) is 18.9 Å². The van der Waals surface area contributed by atoms with Gasteiger partial charge in [-0.25, -0.2) is 4.79 Å². The number of esters is 2. The summed E-state index contributed by atoms with van der Waals surface area (Å²) in [7, 11) is 0. The van der Waals surface area contributed by atoms with Gasteiger partial charge in [0.1, 0.15) is 37.6 Å². The highest BCUT2D eigenvalue weighted by molar-refractivity contribution is 5.85. The third kappa shape index (κ3) is 4.98. The number of hydrogen-bond acceptors (Lipinski definition) is 11. The number of carbonyl (C=O) groups excluding carboxylic acids is 2. The van der Waals surface area contributed by atoms with Crippen LogP contribution in [-0.2, 0) is 28.5 Å². The highest BCUT2D eigenvalue weighted by atomic mass is 16.7. The quantitative estimate of drug-likeness (QED) is 0.218. The van der Waals surface area contributed by atoms with Crippen LogP contribution in [0.1, 0.15) is 78.6 Å². The monoisotopic (exact) mass is 608 g/mol. The van der Waals surface area contributed by atoms with E-state index in [0.717, 1.165) is 31.3 Å². The second-order valence-corrected chi connectivity index (χ2v) is 14.5. The number of aliphatic hydroxyl groups is 5. The smallest absolute Gasteiger partial charge is 0.331 e. The summed E-state index contributed by atoms with van der Waals surface area (Å²) in [4.78, 5) is 23.5. The number of carbonyl (C=O) groups is 2. The topological polar surface area (TPSA) is 172 Å². The molecule has 43 heavy (non-hydrogen) atoms. The molecule has 11 nitrogen and oxygen atoms in total. The highest BCUT2D eigenvalue weighted by Gasteiger charge is 2.70. The third-order valence-electron chi connectivity index (χ3n) is 12.6. The molecule has 2 heterocycles. The first kappa shape index (κ1) is 31.4. The van der Waals surface area contributed by atoms with Crippen molar-refractivity contribution in [3.05, 3.63) is 11.6 Å². The van der Waals surface area contributed by atoms with Crippen molar-refractivity contribution in [3.8, 4) is 0 Å². The molecule has 5 fully saturated rings. The lowest BCUT2D eigenvalue weighted by Gasteiger charge is -2.65. The number of hydrogen-bond donors (Lipinski definition) is 5. The molecule has 0 spiro atoms. The van der Waals surface area contributed by atoms with Gasteiger partial charge >= 0.3 is 11.9 Å². The fraction of sp³-hybridized carbons (Fsp3) is 0.875. The summed E-state index contributed by atoms with van der Waals surface area (Å²) >= 11 is 0. The van der Waals surface area contributed by atoms with E-state index in [1.54, 1.807) is 13.0 Å². The Morgan fingerprint density at radius 1 is 1.05 bits per heavy atom. The van der Waals surface area contributed by atoms with Crippen LogP contribution in [0.3, 0.4) is 0 Å². The van der Waals surface area contributed by atoms with Crippen LogP contribution < -0.4 is 0 Å². The molecule has 6 aliphatic rings. The number of ether oxygens (including phenoxy) is 4. The maximum absolute atomic E-state index is 12.4. The molecule has 0 aromatic carbocycles. The average molecular weight is 609 g/mol. The van der Waals surface area contributed by atoms with E-state index >= 15 is 0 Å². The van der Waals surface area contributed by atoms with Crippen LogP contribution in [0.2, 0.25) is 0 Å². The van der Waals surface area contributed by atoms with Crippen LogP contribution in [0, 0.1) is 34.5 Å². The van der Waals surface area contributed by atoms with Crippen molar-refractivity contribution < 1.29 is 54.1 Å². The van der Waals surface area contributed by atoms with E-state index in [2.05, 4.69) is 13.8 Å². The minimum absolute atomic E-state index is 0.000625. The predicted molar refractivity (Wildman–Crippen MR) is 150 cm³/mol. The Balaban J connectivity index is 1.15. The number of rotatable bonds is 6. The summed E-state index contributed by atoms with van der Waals surface area (Å²) in [5.74, 6) is -0.713. The summed E-state index contributed by atoms with van der Waals surface area (Å²) < 4.78 is 22.4. The fourth-order valence-electron chi connectivity index (χ4n) is 10.2. The highest BCUT2D eigenvalue weighted by Crippen LogP contribution is 2.70. The molecule has 14 atom stereocenters. The molecule has 0 aromatic heterocycles. The van der Waals surface area contributed by atoms with Crippen molar-refractivity contribution in [1.82, 2.24) is 0 Å². The van der Waals surface area contributed by atoms with Gasteiger partial charge in [0, 0.05) is 17.9 Å².